The van der Waals surface area contributed by atoms with Crippen molar-refractivity contribution in [2.45, 2.75) is 24.7 Å². The van der Waals surface area contributed by atoms with Gasteiger partial charge in [-0.1, -0.05) is 0 Å². The van der Waals surface area contributed by atoms with Crippen LogP contribution < -0.4 is 4.90 Å². The lowest BCUT2D eigenvalue weighted by atomic mass is 9.96. The highest BCUT2D eigenvalue weighted by molar-refractivity contribution is 7.90. The van der Waals surface area contributed by atoms with Gasteiger partial charge < -0.3 is 9.64 Å². The van der Waals surface area contributed by atoms with Crippen LogP contribution in [0.1, 0.15) is 19.8 Å². The number of piperidine rings is 1. The molecule has 1 aliphatic heterocycles. The number of benzene rings is 1. The summed E-state index contributed by atoms with van der Waals surface area (Å²) in [5.74, 6) is -0.436. The molecule has 0 bridgehead atoms. The standard InChI is InChI=1S/C15H20N2O6S/c1-3-23-15(18)11-6-8-16(9-7-11)13-5-4-12(24(2,21)22)10-14(13)17(19)20/h4-5,10-11H,3,6-9H2,1-2H3. The van der Waals surface area contributed by atoms with Gasteiger partial charge in [0.15, 0.2) is 9.84 Å². The third-order valence-corrected chi connectivity index (χ3v) is 5.14. The lowest BCUT2D eigenvalue weighted by molar-refractivity contribution is -0.384. The predicted octanol–water partition coefficient (Wildman–Crippen LogP) is 1.78. The molecular formula is C15H20N2O6S. The van der Waals surface area contributed by atoms with Crippen LogP contribution in [0.3, 0.4) is 0 Å². The molecule has 1 aromatic carbocycles. The Bertz CT molecular complexity index is 738. The first-order valence-corrected chi connectivity index (χ1v) is 9.53. The minimum Gasteiger partial charge on any atom is -0.466 e. The molecule has 1 aliphatic rings. The fourth-order valence-corrected chi connectivity index (χ4v) is 3.40. The maximum absolute atomic E-state index is 11.8. The Morgan fingerprint density at radius 1 is 1.38 bits per heavy atom. The molecule has 0 aromatic heterocycles. The monoisotopic (exact) mass is 356 g/mol. The summed E-state index contributed by atoms with van der Waals surface area (Å²) in [4.78, 5) is 24.2. The van der Waals surface area contributed by atoms with Gasteiger partial charge in [0.25, 0.3) is 5.69 Å². The van der Waals surface area contributed by atoms with Crippen LogP contribution in [0.25, 0.3) is 0 Å². The summed E-state index contributed by atoms with van der Waals surface area (Å²) in [6.45, 7) is 3.03. The molecule has 8 nitrogen and oxygen atoms in total. The lowest BCUT2D eigenvalue weighted by Gasteiger charge is -2.32. The molecule has 1 heterocycles. The Balaban J connectivity index is 2.21. The molecule has 1 aromatic rings. The third kappa shape index (κ3) is 4.02. The van der Waals surface area contributed by atoms with E-state index in [9.17, 15) is 23.3 Å². The summed E-state index contributed by atoms with van der Waals surface area (Å²) in [5.41, 5.74) is 0.127. The Kier molecular flexibility index (Phi) is 5.43. The van der Waals surface area contributed by atoms with E-state index >= 15 is 0 Å². The van der Waals surface area contributed by atoms with Crippen LogP contribution in [0.4, 0.5) is 11.4 Å². The van der Waals surface area contributed by atoms with Gasteiger partial charge in [-0.15, -0.1) is 0 Å². The lowest BCUT2D eigenvalue weighted by Crippen LogP contribution is -2.37. The number of esters is 1. The second-order valence-corrected chi connectivity index (χ2v) is 7.71. The van der Waals surface area contributed by atoms with Gasteiger partial charge in [-0.2, -0.15) is 0 Å². The van der Waals surface area contributed by atoms with E-state index in [1.807, 2.05) is 0 Å². The number of ether oxygens (including phenoxy) is 1. The average Bonchev–Trinajstić information content (AvgIpc) is 2.53. The molecule has 24 heavy (non-hydrogen) atoms. The highest BCUT2D eigenvalue weighted by Gasteiger charge is 2.29. The molecule has 0 spiro atoms. The Morgan fingerprint density at radius 3 is 2.50 bits per heavy atom. The fourth-order valence-electron chi connectivity index (χ4n) is 2.76. The van der Waals surface area contributed by atoms with Crippen LogP contribution in [0.2, 0.25) is 0 Å². The molecule has 0 N–H and O–H groups in total. The van der Waals surface area contributed by atoms with Crippen molar-refractivity contribution in [3.63, 3.8) is 0 Å². The van der Waals surface area contributed by atoms with Crippen LogP contribution in [0, 0.1) is 16.0 Å². The van der Waals surface area contributed by atoms with Crippen LogP contribution in [-0.4, -0.2) is 45.3 Å². The highest BCUT2D eigenvalue weighted by atomic mass is 32.2. The number of hydrogen-bond acceptors (Lipinski definition) is 7. The van der Waals surface area contributed by atoms with E-state index in [0.29, 0.717) is 38.2 Å². The van der Waals surface area contributed by atoms with Crippen molar-refractivity contribution in [1.82, 2.24) is 0 Å². The number of hydrogen-bond donors (Lipinski definition) is 0. The van der Waals surface area contributed by atoms with Gasteiger partial charge in [-0.25, -0.2) is 8.42 Å². The number of nitrogens with zero attached hydrogens (tertiary/aromatic N) is 2. The zero-order valence-electron chi connectivity index (χ0n) is 13.6. The number of carbonyl (C=O) groups is 1. The first kappa shape index (κ1) is 18.2. The normalized spacial score (nSPS) is 16.0. The van der Waals surface area contributed by atoms with Crippen LogP contribution in [0.15, 0.2) is 23.1 Å². The molecule has 1 fully saturated rings. The minimum atomic E-state index is -3.52. The molecule has 0 aliphatic carbocycles. The van der Waals surface area contributed by atoms with E-state index < -0.39 is 14.8 Å². The van der Waals surface area contributed by atoms with Crippen molar-refractivity contribution in [1.29, 1.82) is 0 Å². The maximum atomic E-state index is 11.8. The smallest absolute Gasteiger partial charge is 0.309 e. The number of rotatable bonds is 5. The molecule has 2 rings (SSSR count). The van der Waals surface area contributed by atoms with Crippen molar-refractivity contribution in [3.05, 3.63) is 28.3 Å². The second-order valence-electron chi connectivity index (χ2n) is 5.69. The van der Waals surface area contributed by atoms with Crippen molar-refractivity contribution < 1.29 is 22.9 Å². The summed E-state index contributed by atoms with van der Waals surface area (Å²) < 4.78 is 28.2. The quantitative estimate of drug-likeness (QED) is 0.449. The summed E-state index contributed by atoms with van der Waals surface area (Å²) in [7, 11) is -3.52. The molecule has 0 radical (unpaired) electrons. The summed E-state index contributed by atoms with van der Waals surface area (Å²) in [6.07, 6.45) is 2.10. The van der Waals surface area contributed by atoms with Gasteiger partial charge in [0, 0.05) is 25.4 Å². The highest BCUT2D eigenvalue weighted by Crippen LogP contribution is 2.33. The van der Waals surface area contributed by atoms with E-state index in [0.717, 1.165) is 12.3 Å². The molecule has 1 saturated heterocycles. The number of anilines is 1. The van der Waals surface area contributed by atoms with Gasteiger partial charge in [0.2, 0.25) is 0 Å². The maximum Gasteiger partial charge on any atom is 0.309 e. The van der Waals surface area contributed by atoms with Crippen LogP contribution in [0.5, 0.6) is 0 Å². The molecule has 132 valence electrons. The van der Waals surface area contributed by atoms with Crippen molar-refractivity contribution >= 4 is 27.2 Å². The van der Waals surface area contributed by atoms with E-state index in [1.54, 1.807) is 11.8 Å². The topological polar surface area (TPSA) is 107 Å². The fraction of sp³-hybridized carbons (Fsp3) is 0.533. The number of nitro groups is 1. The van der Waals surface area contributed by atoms with E-state index in [1.165, 1.54) is 12.1 Å². The Hall–Kier alpha value is -2.16. The zero-order chi connectivity index (χ0) is 17.9. The molecule has 0 saturated carbocycles. The predicted molar refractivity (Wildman–Crippen MR) is 87.8 cm³/mol. The van der Waals surface area contributed by atoms with Gasteiger partial charge >= 0.3 is 5.97 Å². The largest absolute Gasteiger partial charge is 0.466 e. The molecule has 0 amide bonds. The second kappa shape index (κ2) is 7.16. The van der Waals surface area contributed by atoms with E-state index in [2.05, 4.69) is 0 Å². The van der Waals surface area contributed by atoms with E-state index in [4.69, 9.17) is 4.74 Å². The Morgan fingerprint density at radius 2 is 2.00 bits per heavy atom. The van der Waals surface area contributed by atoms with Crippen molar-refractivity contribution in [2.24, 2.45) is 5.92 Å². The van der Waals surface area contributed by atoms with Gasteiger partial charge in [0.05, 0.1) is 22.3 Å². The van der Waals surface area contributed by atoms with Gasteiger partial charge in [-0.3, -0.25) is 14.9 Å². The van der Waals surface area contributed by atoms with Crippen LogP contribution >= 0.6 is 0 Å². The molecule has 9 heteroatoms. The van der Waals surface area contributed by atoms with Gasteiger partial charge in [0.1, 0.15) is 5.69 Å². The first-order valence-electron chi connectivity index (χ1n) is 7.64. The Labute approximate surface area is 140 Å². The SMILES string of the molecule is CCOC(=O)C1CCN(c2ccc(S(C)(=O)=O)cc2[N+](=O)[O-])CC1. The van der Waals surface area contributed by atoms with Crippen molar-refractivity contribution in [2.75, 3.05) is 30.9 Å². The van der Waals surface area contributed by atoms with Gasteiger partial charge in [-0.05, 0) is 31.9 Å². The summed E-state index contributed by atoms with van der Waals surface area (Å²) >= 11 is 0. The van der Waals surface area contributed by atoms with Crippen LogP contribution in [-0.2, 0) is 19.4 Å². The van der Waals surface area contributed by atoms with E-state index in [-0.39, 0.29) is 22.5 Å². The number of sulfone groups is 1. The summed E-state index contributed by atoms with van der Waals surface area (Å²) in [6, 6.07) is 3.91. The number of nitro benzene ring substituents is 1. The molecule has 0 atom stereocenters. The van der Waals surface area contributed by atoms with Crippen molar-refractivity contribution in [3.8, 4) is 0 Å². The zero-order valence-corrected chi connectivity index (χ0v) is 14.4. The number of carbonyl (C=O) groups excluding carboxylic acids is 1. The first-order chi connectivity index (χ1) is 11.2. The molecule has 0 unspecified atom stereocenters. The third-order valence-electron chi connectivity index (χ3n) is 4.03. The molecular weight excluding hydrogens is 336 g/mol. The average molecular weight is 356 g/mol. The minimum absolute atomic E-state index is 0.0839. The summed E-state index contributed by atoms with van der Waals surface area (Å²) in [5, 5.41) is 11.3.